The van der Waals surface area contributed by atoms with E-state index in [0.717, 1.165) is 22.9 Å². The minimum Gasteiger partial charge on any atom is -0.478 e. The van der Waals surface area contributed by atoms with Crippen LogP contribution in [0, 0.1) is 18.3 Å². The highest BCUT2D eigenvalue weighted by Crippen LogP contribution is 2.37. The summed E-state index contributed by atoms with van der Waals surface area (Å²) < 4.78 is 5.38. The smallest absolute Gasteiger partial charge is 0.337 e. The molecule has 0 atom stereocenters. The predicted molar refractivity (Wildman–Crippen MR) is 144 cm³/mol. The molecule has 4 rings (SSSR count). The third-order valence-electron chi connectivity index (χ3n) is 5.82. The van der Waals surface area contributed by atoms with E-state index in [1.807, 2.05) is 25.1 Å². The first-order chi connectivity index (χ1) is 18.6. The standard InChI is InChI=1S/C28H23N5O6/c1-14-8-18(30-13-15(2)34)5-6-19(14)20-10-22-25(11-24(20)31-16(3)35)39-33-26(22)27(36)32-23-7-4-17(12-29)9-21(23)28(37)38/h4-11,30H,13H2,1-3H3,(H,31,35)(H,32,36)(H,37,38). The molecule has 0 aliphatic rings. The lowest BCUT2D eigenvalue weighted by atomic mass is 9.96. The molecular weight excluding hydrogens is 502 g/mol. The number of Topliss-reactive ketones (excluding diaryl/α,β-unsaturated/α-hetero) is 1. The zero-order chi connectivity index (χ0) is 28.3. The molecule has 196 valence electrons. The molecule has 0 saturated carbocycles. The summed E-state index contributed by atoms with van der Waals surface area (Å²) in [5.74, 6) is -2.36. The number of anilines is 3. The maximum absolute atomic E-state index is 13.2. The number of ketones is 1. The summed E-state index contributed by atoms with van der Waals surface area (Å²) in [5.41, 5.74) is 3.35. The number of hydrogen-bond donors (Lipinski definition) is 4. The van der Waals surface area contributed by atoms with Gasteiger partial charge in [-0.1, -0.05) is 11.2 Å². The Bertz CT molecular complexity index is 1700. The lowest BCUT2D eigenvalue weighted by molar-refractivity contribution is -0.115. The van der Waals surface area contributed by atoms with Crippen LogP contribution in [0.25, 0.3) is 22.1 Å². The number of fused-ring (bicyclic) bond motifs is 1. The van der Waals surface area contributed by atoms with Gasteiger partial charge in [-0.3, -0.25) is 14.4 Å². The number of benzene rings is 3. The first kappa shape index (κ1) is 26.6. The summed E-state index contributed by atoms with van der Waals surface area (Å²) >= 11 is 0. The molecule has 1 heterocycles. The average molecular weight is 526 g/mol. The summed E-state index contributed by atoms with van der Waals surface area (Å²) in [4.78, 5) is 48.1. The summed E-state index contributed by atoms with van der Waals surface area (Å²) in [7, 11) is 0. The second-order valence-corrected chi connectivity index (χ2v) is 8.82. The van der Waals surface area contributed by atoms with Crippen molar-refractivity contribution in [3.05, 3.63) is 70.9 Å². The van der Waals surface area contributed by atoms with Gasteiger partial charge in [0.05, 0.1) is 40.5 Å². The van der Waals surface area contributed by atoms with E-state index in [-0.39, 0.29) is 46.3 Å². The van der Waals surface area contributed by atoms with Gasteiger partial charge in [0.1, 0.15) is 5.78 Å². The molecule has 0 fully saturated rings. The Morgan fingerprint density at radius 2 is 1.74 bits per heavy atom. The molecule has 0 unspecified atom stereocenters. The Morgan fingerprint density at radius 1 is 0.974 bits per heavy atom. The van der Waals surface area contributed by atoms with E-state index in [9.17, 15) is 24.3 Å². The van der Waals surface area contributed by atoms with Crippen molar-refractivity contribution in [2.75, 3.05) is 22.5 Å². The Kier molecular flexibility index (Phi) is 7.39. The van der Waals surface area contributed by atoms with E-state index in [1.165, 1.54) is 26.0 Å². The van der Waals surface area contributed by atoms with Gasteiger partial charge in [0.2, 0.25) is 5.91 Å². The maximum Gasteiger partial charge on any atom is 0.337 e. The maximum atomic E-state index is 13.2. The Balaban J connectivity index is 1.77. The SMILES string of the molecule is CC(=O)CNc1ccc(-c2cc3c(C(=O)Nc4ccc(C#N)cc4C(=O)O)noc3cc2NC(C)=O)c(C)c1. The van der Waals surface area contributed by atoms with Gasteiger partial charge in [-0.25, -0.2) is 4.79 Å². The van der Waals surface area contributed by atoms with Crippen molar-refractivity contribution in [3.63, 3.8) is 0 Å². The number of nitriles is 1. The summed E-state index contributed by atoms with van der Waals surface area (Å²) in [6.45, 7) is 4.91. The molecule has 11 heteroatoms. The molecule has 4 aromatic rings. The van der Waals surface area contributed by atoms with E-state index < -0.39 is 11.9 Å². The predicted octanol–water partition coefficient (Wildman–Crippen LogP) is 4.58. The fourth-order valence-electron chi connectivity index (χ4n) is 4.05. The zero-order valence-electron chi connectivity index (χ0n) is 21.2. The van der Waals surface area contributed by atoms with Crippen LogP contribution in [0.15, 0.2) is 53.1 Å². The largest absolute Gasteiger partial charge is 0.478 e. The minimum atomic E-state index is -1.31. The molecule has 0 spiro atoms. The topological polar surface area (TPSA) is 174 Å². The van der Waals surface area contributed by atoms with Gasteiger partial charge in [0.15, 0.2) is 11.3 Å². The minimum absolute atomic E-state index is 0.00938. The number of carbonyl (C=O) groups excluding carboxylic acids is 3. The third-order valence-corrected chi connectivity index (χ3v) is 5.82. The summed E-state index contributed by atoms with van der Waals surface area (Å²) in [5, 5.41) is 31.2. The van der Waals surface area contributed by atoms with Gasteiger partial charge in [0, 0.05) is 24.2 Å². The number of amides is 2. The first-order valence-corrected chi connectivity index (χ1v) is 11.7. The molecule has 0 radical (unpaired) electrons. The highest BCUT2D eigenvalue weighted by molar-refractivity contribution is 6.14. The first-order valence-electron chi connectivity index (χ1n) is 11.7. The number of hydrogen-bond acceptors (Lipinski definition) is 8. The number of nitrogens with one attached hydrogen (secondary N) is 3. The second-order valence-electron chi connectivity index (χ2n) is 8.82. The van der Waals surface area contributed by atoms with Gasteiger partial charge in [-0.05, 0) is 61.4 Å². The fraction of sp³-hybridized carbons (Fsp3) is 0.143. The average Bonchev–Trinajstić information content (AvgIpc) is 3.30. The van der Waals surface area contributed by atoms with Crippen molar-refractivity contribution in [2.24, 2.45) is 0 Å². The number of aryl methyl sites for hydroxylation is 1. The molecule has 0 saturated heterocycles. The Morgan fingerprint density at radius 3 is 2.38 bits per heavy atom. The molecule has 11 nitrogen and oxygen atoms in total. The number of nitrogens with zero attached hydrogens (tertiary/aromatic N) is 2. The molecule has 1 aromatic heterocycles. The second kappa shape index (κ2) is 10.9. The molecule has 3 aromatic carbocycles. The molecule has 39 heavy (non-hydrogen) atoms. The van der Waals surface area contributed by atoms with Gasteiger partial charge in [-0.15, -0.1) is 0 Å². The van der Waals surface area contributed by atoms with Crippen LogP contribution in [-0.4, -0.2) is 40.4 Å². The van der Waals surface area contributed by atoms with Gasteiger partial charge in [0.25, 0.3) is 5.91 Å². The van der Waals surface area contributed by atoms with Gasteiger partial charge in [-0.2, -0.15) is 5.26 Å². The summed E-state index contributed by atoms with van der Waals surface area (Å²) in [6, 6.07) is 14.4. The number of rotatable bonds is 8. The number of carbonyl (C=O) groups is 4. The van der Waals surface area contributed by atoms with E-state index in [1.54, 1.807) is 18.2 Å². The third kappa shape index (κ3) is 5.75. The quantitative estimate of drug-likeness (QED) is 0.256. The van der Waals surface area contributed by atoms with Crippen molar-refractivity contribution in [2.45, 2.75) is 20.8 Å². The van der Waals surface area contributed by atoms with Crippen LogP contribution in [-0.2, 0) is 9.59 Å². The van der Waals surface area contributed by atoms with Crippen molar-refractivity contribution < 1.29 is 28.8 Å². The van der Waals surface area contributed by atoms with Crippen LogP contribution in [0.2, 0.25) is 0 Å². The van der Waals surface area contributed by atoms with Crippen LogP contribution in [0.1, 0.15) is 45.8 Å². The highest BCUT2D eigenvalue weighted by Gasteiger charge is 2.22. The Labute approximate surface area is 222 Å². The van der Waals surface area contributed by atoms with Crippen molar-refractivity contribution in [3.8, 4) is 17.2 Å². The molecule has 2 amide bonds. The molecule has 4 N–H and O–H groups in total. The van der Waals surface area contributed by atoms with E-state index in [2.05, 4.69) is 21.1 Å². The molecular formula is C28H23N5O6. The normalized spacial score (nSPS) is 10.5. The lowest BCUT2D eigenvalue weighted by Crippen LogP contribution is -2.15. The molecule has 0 bridgehead atoms. The van der Waals surface area contributed by atoms with Crippen LogP contribution in [0.4, 0.5) is 17.1 Å². The van der Waals surface area contributed by atoms with Crippen molar-refractivity contribution in [1.82, 2.24) is 5.16 Å². The van der Waals surface area contributed by atoms with Crippen LogP contribution >= 0.6 is 0 Å². The number of carboxylic acid groups (broad SMARTS) is 1. The monoisotopic (exact) mass is 525 g/mol. The zero-order valence-corrected chi connectivity index (χ0v) is 21.2. The number of aromatic carboxylic acids is 1. The van der Waals surface area contributed by atoms with Crippen molar-refractivity contribution >= 4 is 51.6 Å². The molecule has 0 aliphatic carbocycles. The molecule has 0 aliphatic heterocycles. The summed E-state index contributed by atoms with van der Waals surface area (Å²) in [6.07, 6.45) is 0. The van der Waals surface area contributed by atoms with Gasteiger partial charge < -0.3 is 25.6 Å². The van der Waals surface area contributed by atoms with E-state index in [0.29, 0.717) is 16.6 Å². The number of aromatic nitrogens is 1. The van der Waals surface area contributed by atoms with Crippen LogP contribution < -0.4 is 16.0 Å². The highest BCUT2D eigenvalue weighted by atomic mass is 16.5. The van der Waals surface area contributed by atoms with E-state index >= 15 is 0 Å². The number of carboxylic acids is 1. The van der Waals surface area contributed by atoms with Gasteiger partial charge >= 0.3 is 5.97 Å². The van der Waals surface area contributed by atoms with Crippen molar-refractivity contribution in [1.29, 1.82) is 5.26 Å². The Hall–Kier alpha value is -5.50. The lowest BCUT2D eigenvalue weighted by Gasteiger charge is -2.14. The van der Waals surface area contributed by atoms with E-state index in [4.69, 9.17) is 9.78 Å². The van der Waals surface area contributed by atoms with Crippen LogP contribution in [0.5, 0.6) is 0 Å². The van der Waals surface area contributed by atoms with Crippen LogP contribution in [0.3, 0.4) is 0 Å². The fourth-order valence-corrected chi connectivity index (χ4v) is 4.05.